The fraction of sp³-hybridized carbons (Fsp3) is 0.529. The second-order valence-corrected chi connectivity index (χ2v) is 9.22. The monoisotopic (exact) mass is 367 g/mol. The first-order valence-electron chi connectivity index (χ1n) is 8.13. The molecule has 8 heteroatoms. The van der Waals surface area contributed by atoms with Crippen molar-refractivity contribution < 1.29 is 18.0 Å². The van der Waals surface area contributed by atoms with Gasteiger partial charge in [0.1, 0.15) is 0 Å². The summed E-state index contributed by atoms with van der Waals surface area (Å²) in [6, 6.07) is 7.45. The Kier molecular flexibility index (Phi) is 5.84. The predicted octanol–water partition coefficient (Wildman–Crippen LogP) is 0.559. The van der Waals surface area contributed by atoms with Gasteiger partial charge in [0.2, 0.25) is 11.8 Å². The van der Waals surface area contributed by atoms with E-state index in [0.29, 0.717) is 12.1 Å². The number of sulfone groups is 1. The molecule has 138 valence electrons. The van der Waals surface area contributed by atoms with Crippen LogP contribution in [0.1, 0.15) is 18.9 Å². The van der Waals surface area contributed by atoms with E-state index in [1.807, 2.05) is 31.2 Å². The van der Waals surface area contributed by atoms with Crippen LogP contribution in [0.15, 0.2) is 24.3 Å². The first-order chi connectivity index (χ1) is 11.6. The fourth-order valence-corrected chi connectivity index (χ4v) is 4.96. The van der Waals surface area contributed by atoms with Crippen molar-refractivity contribution in [2.75, 3.05) is 37.0 Å². The van der Waals surface area contributed by atoms with Crippen LogP contribution in [0.5, 0.6) is 0 Å². The Morgan fingerprint density at radius 3 is 2.32 bits per heavy atom. The maximum absolute atomic E-state index is 12.1. The number of rotatable bonds is 6. The number of hydrogen-bond acceptors (Lipinski definition) is 5. The fourth-order valence-electron chi connectivity index (χ4n) is 2.87. The van der Waals surface area contributed by atoms with Crippen molar-refractivity contribution in [1.82, 2.24) is 10.2 Å². The number of carbonyl (C=O) groups is 2. The molecule has 2 N–H and O–H groups in total. The first kappa shape index (κ1) is 19.4. The molecule has 1 saturated heterocycles. The van der Waals surface area contributed by atoms with Gasteiger partial charge in [0.15, 0.2) is 9.84 Å². The van der Waals surface area contributed by atoms with E-state index in [1.54, 1.807) is 18.9 Å². The van der Waals surface area contributed by atoms with Gasteiger partial charge in [-0.1, -0.05) is 17.7 Å². The Morgan fingerprint density at radius 2 is 1.76 bits per heavy atom. The van der Waals surface area contributed by atoms with Gasteiger partial charge in [0.05, 0.1) is 30.1 Å². The van der Waals surface area contributed by atoms with Crippen molar-refractivity contribution in [3.63, 3.8) is 0 Å². The topological polar surface area (TPSA) is 95.6 Å². The summed E-state index contributed by atoms with van der Waals surface area (Å²) >= 11 is 0. The molecule has 0 bridgehead atoms. The highest BCUT2D eigenvalue weighted by Gasteiger charge is 2.39. The lowest BCUT2D eigenvalue weighted by Crippen LogP contribution is -2.50. The molecule has 0 aromatic heterocycles. The molecule has 0 aliphatic carbocycles. The van der Waals surface area contributed by atoms with Gasteiger partial charge in [-0.3, -0.25) is 14.5 Å². The number of benzene rings is 1. The average molecular weight is 367 g/mol. The summed E-state index contributed by atoms with van der Waals surface area (Å²) in [7, 11) is -1.41. The lowest BCUT2D eigenvalue weighted by molar-refractivity contribution is -0.124. The van der Waals surface area contributed by atoms with Crippen molar-refractivity contribution in [3.05, 3.63) is 29.8 Å². The van der Waals surface area contributed by atoms with Gasteiger partial charge in [-0.2, -0.15) is 0 Å². The quantitative estimate of drug-likeness (QED) is 0.766. The van der Waals surface area contributed by atoms with Crippen LogP contribution in [0.4, 0.5) is 5.69 Å². The number of nitrogens with one attached hydrogen (secondary N) is 2. The molecule has 1 fully saturated rings. The minimum absolute atomic E-state index is 0.0248. The minimum Gasteiger partial charge on any atom is -0.349 e. The maximum Gasteiger partial charge on any atom is 0.238 e. The van der Waals surface area contributed by atoms with Crippen LogP contribution in [-0.2, 0) is 19.4 Å². The van der Waals surface area contributed by atoms with Crippen molar-refractivity contribution in [2.45, 2.75) is 25.8 Å². The minimum atomic E-state index is -3.08. The number of carbonyl (C=O) groups excluding carboxylic acids is 2. The molecule has 2 rings (SSSR count). The van der Waals surface area contributed by atoms with E-state index in [4.69, 9.17) is 0 Å². The van der Waals surface area contributed by atoms with E-state index in [2.05, 4.69) is 10.6 Å². The van der Waals surface area contributed by atoms with Crippen LogP contribution in [0.2, 0.25) is 0 Å². The predicted molar refractivity (Wildman–Crippen MR) is 97.1 cm³/mol. The summed E-state index contributed by atoms with van der Waals surface area (Å²) in [4.78, 5) is 25.7. The van der Waals surface area contributed by atoms with Crippen LogP contribution in [0, 0.1) is 6.92 Å². The molecule has 0 spiro atoms. The van der Waals surface area contributed by atoms with Gasteiger partial charge in [-0.25, -0.2) is 8.42 Å². The van der Waals surface area contributed by atoms with E-state index in [9.17, 15) is 18.0 Å². The van der Waals surface area contributed by atoms with Crippen LogP contribution in [0.25, 0.3) is 0 Å². The summed E-state index contributed by atoms with van der Waals surface area (Å²) in [5, 5.41) is 5.55. The Morgan fingerprint density at radius 1 is 1.16 bits per heavy atom. The third-order valence-electron chi connectivity index (χ3n) is 4.11. The first-order valence-corrected chi connectivity index (χ1v) is 9.96. The van der Waals surface area contributed by atoms with Gasteiger partial charge in [0.25, 0.3) is 0 Å². The third kappa shape index (κ3) is 6.13. The largest absolute Gasteiger partial charge is 0.349 e. The summed E-state index contributed by atoms with van der Waals surface area (Å²) < 4.78 is 23.2. The number of nitrogens with zero attached hydrogens (tertiary/aromatic N) is 1. The van der Waals surface area contributed by atoms with E-state index in [1.165, 1.54) is 0 Å². The molecule has 1 aliphatic rings. The Balaban J connectivity index is 1.79. The van der Waals surface area contributed by atoms with Crippen molar-refractivity contribution in [1.29, 1.82) is 0 Å². The van der Waals surface area contributed by atoms with Crippen LogP contribution >= 0.6 is 0 Å². The molecule has 0 saturated carbocycles. The van der Waals surface area contributed by atoms with E-state index < -0.39 is 15.4 Å². The summed E-state index contributed by atoms with van der Waals surface area (Å²) in [6.45, 7) is 3.79. The summed E-state index contributed by atoms with van der Waals surface area (Å²) in [5.41, 5.74) is 1.09. The number of amides is 2. The second-order valence-electron chi connectivity index (χ2n) is 7.04. The molecule has 1 heterocycles. The SMILES string of the molecule is Cc1ccc(NC(=O)CN(C)CC(=O)N[C@@]2(C)CCS(=O)(=O)C2)cc1. The number of hydrogen-bond donors (Lipinski definition) is 2. The lowest BCUT2D eigenvalue weighted by atomic mass is 10.0. The van der Waals surface area contributed by atoms with Gasteiger partial charge in [0, 0.05) is 5.69 Å². The van der Waals surface area contributed by atoms with Crippen LogP contribution in [-0.4, -0.2) is 62.3 Å². The van der Waals surface area contributed by atoms with Crippen molar-refractivity contribution in [2.24, 2.45) is 0 Å². The highest BCUT2D eigenvalue weighted by atomic mass is 32.2. The molecule has 1 aromatic rings. The number of aryl methyl sites for hydroxylation is 1. The Hall–Kier alpha value is -1.93. The van der Waals surface area contributed by atoms with Gasteiger partial charge >= 0.3 is 0 Å². The Labute approximate surface area is 148 Å². The van der Waals surface area contributed by atoms with Crippen LogP contribution in [0.3, 0.4) is 0 Å². The van der Waals surface area contributed by atoms with Gasteiger partial charge < -0.3 is 10.6 Å². The molecule has 0 radical (unpaired) electrons. The standard InChI is InChI=1S/C17H25N3O4S/c1-13-4-6-14(7-5-13)18-15(21)10-20(3)11-16(22)19-17(2)8-9-25(23,24)12-17/h4-7H,8-12H2,1-3H3,(H,18,21)(H,19,22)/t17-/m0/s1. The highest BCUT2D eigenvalue weighted by molar-refractivity contribution is 7.91. The molecular formula is C17H25N3O4S. The van der Waals surface area contributed by atoms with Gasteiger partial charge in [-0.05, 0) is 39.4 Å². The normalized spacial score (nSPS) is 21.9. The molecular weight excluding hydrogens is 342 g/mol. The average Bonchev–Trinajstić information content (AvgIpc) is 2.74. The smallest absolute Gasteiger partial charge is 0.238 e. The molecule has 25 heavy (non-hydrogen) atoms. The number of anilines is 1. The van der Waals surface area contributed by atoms with Crippen LogP contribution < -0.4 is 10.6 Å². The van der Waals surface area contributed by atoms with Crippen molar-refractivity contribution in [3.8, 4) is 0 Å². The number of likely N-dealkylation sites (N-methyl/N-ethyl adjacent to an activating group) is 1. The molecule has 1 atom stereocenters. The summed E-state index contributed by atoms with van der Waals surface area (Å²) in [5.74, 6) is -0.443. The van der Waals surface area contributed by atoms with E-state index in [-0.39, 0.29) is 36.4 Å². The third-order valence-corrected chi connectivity index (χ3v) is 6.01. The van der Waals surface area contributed by atoms with Crippen molar-refractivity contribution >= 4 is 27.3 Å². The van der Waals surface area contributed by atoms with Gasteiger partial charge in [-0.15, -0.1) is 0 Å². The lowest BCUT2D eigenvalue weighted by Gasteiger charge is -2.25. The van der Waals surface area contributed by atoms with E-state index >= 15 is 0 Å². The zero-order valence-corrected chi connectivity index (χ0v) is 15.6. The molecule has 1 aromatic carbocycles. The Bertz CT molecular complexity index is 746. The summed E-state index contributed by atoms with van der Waals surface area (Å²) in [6.07, 6.45) is 0.415. The second kappa shape index (κ2) is 7.53. The maximum atomic E-state index is 12.1. The molecule has 1 aliphatic heterocycles. The molecule has 2 amide bonds. The zero-order valence-electron chi connectivity index (χ0n) is 14.8. The molecule has 0 unspecified atom stereocenters. The zero-order chi connectivity index (χ0) is 18.7. The highest BCUT2D eigenvalue weighted by Crippen LogP contribution is 2.22. The van der Waals surface area contributed by atoms with E-state index in [0.717, 1.165) is 5.56 Å². The molecule has 7 nitrogen and oxygen atoms in total.